The minimum absolute atomic E-state index is 0.0766. The summed E-state index contributed by atoms with van der Waals surface area (Å²) >= 11 is 7.91. The molecule has 0 aliphatic carbocycles. The monoisotopic (exact) mass is 337 g/mol. The van der Waals surface area contributed by atoms with Crippen molar-refractivity contribution in [3.05, 3.63) is 22.3 Å². The molecule has 0 aliphatic heterocycles. The zero-order valence-corrected chi connectivity index (χ0v) is 12.5. The Morgan fingerprint density at radius 3 is 2.71 bits per heavy atom. The van der Waals surface area contributed by atoms with Crippen LogP contribution in [0.5, 0.6) is 0 Å². The van der Waals surface area contributed by atoms with E-state index in [4.69, 9.17) is 5.73 Å². The van der Waals surface area contributed by atoms with Crippen LogP contribution in [0.4, 0.5) is 5.82 Å². The maximum atomic E-state index is 11.8. The molecule has 17 heavy (non-hydrogen) atoms. The molecule has 1 rings (SSSR count). The molecule has 3 N–H and O–H groups in total. The van der Waals surface area contributed by atoms with Gasteiger partial charge in [0, 0.05) is 10.7 Å². The fourth-order valence-corrected chi connectivity index (χ4v) is 2.81. The number of nitrogens with zero attached hydrogens (tertiary/aromatic N) is 1. The highest BCUT2D eigenvalue weighted by Gasteiger charge is 2.24. The van der Waals surface area contributed by atoms with Crippen molar-refractivity contribution < 1.29 is 8.42 Å². The third-order valence-electron chi connectivity index (χ3n) is 2.15. The van der Waals surface area contributed by atoms with E-state index >= 15 is 0 Å². The molecule has 94 valence electrons. The van der Waals surface area contributed by atoms with E-state index in [0.29, 0.717) is 5.56 Å². The Balaban J connectivity index is 3.02. The van der Waals surface area contributed by atoms with Crippen LogP contribution in [-0.4, -0.2) is 23.6 Å². The summed E-state index contributed by atoms with van der Waals surface area (Å²) in [6.07, 6.45) is 1.51. The number of aromatic nitrogens is 1. The third-order valence-corrected chi connectivity index (χ3v) is 4.75. The predicted octanol–water partition coefficient (Wildman–Crippen LogP) is 1.57. The van der Waals surface area contributed by atoms with Crippen LogP contribution in [0.25, 0.3) is 0 Å². The zero-order chi connectivity index (χ0) is 13.2. The van der Waals surface area contributed by atoms with Gasteiger partial charge in [0.05, 0.1) is 4.99 Å². The molecular formula is C9H12BrN3O2S2. The lowest BCUT2D eigenvalue weighted by atomic mass is 10.3. The fraction of sp³-hybridized carbons (Fsp3) is 0.333. The topological polar surface area (TPSA) is 85.1 Å². The summed E-state index contributed by atoms with van der Waals surface area (Å²) in [7, 11) is -3.64. The molecule has 5 nitrogen and oxygen atoms in total. The first-order chi connectivity index (χ1) is 7.74. The van der Waals surface area contributed by atoms with Crippen LogP contribution in [0.15, 0.2) is 16.7 Å². The highest BCUT2D eigenvalue weighted by Crippen LogP contribution is 2.18. The standard InChI is InChI=1S/C9H12BrN3O2S2/c1-5-3-7(10)4-12-9(5)13-17(14,15)6(2)8(11)16/h3-4,6H,1-2H3,(H2,11,16)(H,12,13). The lowest BCUT2D eigenvalue weighted by Gasteiger charge is -2.14. The van der Waals surface area contributed by atoms with Gasteiger partial charge in [-0.15, -0.1) is 0 Å². The predicted molar refractivity (Wildman–Crippen MR) is 75.5 cm³/mol. The first-order valence-electron chi connectivity index (χ1n) is 4.67. The summed E-state index contributed by atoms with van der Waals surface area (Å²) in [6.45, 7) is 3.18. The molecule has 0 aliphatic rings. The number of pyridine rings is 1. The Morgan fingerprint density at radius 1 is 1.65 bits per heavy atom. The van der Waals surface area contributed by atoms with Crippen LogP contribution < -0.4 is 10.5 Å². The molecule has 0 radical (unpaired) electrons. The Kier molecular flexibility index (Phi) is 4.45. The molecule has 1 atom stereocenters. The number of nitrogens with two attached hydrogens (primary N) is 1. The lowest BCUT2D eigenvalue weighted by Crippen LogP contribution is -2.36. The van der Waals surface area contributed by atoms with E-state index < -0.39 is 15.3 Å². The maximum absolute atomic E-state index is 11.8. The second-order valence-electron chi connectivity index (χ2n) is 3.51. The smallest absolute Gasteiger partial charge is 0.243 e. The van der Waals surface area contributed by atoms with Gasteiger partial charge in [0.25, 0.3) is 0 Å². The van der Waals surface area contributed by atoms with E-state index in [0.717, 1.165) is 4.47 Å². The van der Waals surface area contributed by atoms with Crippen LogP contribution in [0.1, 0.15) is 12.5 Å². The molecule has 1 aromatic heterocycles. The maximum Gasteiger partial charge on any atom is 0.243 e. The van der Waals surface area contributed by atoms with E-state index in [9.17, 15) is 8.42 Å². The van der Waals surface area contributed by atoms with Crippen molar-refractivity contribution in [2.75, 3.05) is 4.72 Å². The molecule has 0 saturated heterocycles. The molecular weight excluding hydrogens is 326 g/mol. The molecule has 1 aromatic rings. The van der Waals surface area contributed by atoms with Crippen molar-refractivity contribution in [3.8, 4) is 0 Å². The first kappa shape index (κ1) is 14.3. The Bertz CT molecular complexity index is 545. The number of thiocarbonyl (C=S) groups is 1. The number of aryl methyl sites for hydroxylation is 1. The van der Waals surface area contributed by atoms with Crippen molar-refractivity contribution in [2.24, 2.45) is 5.73 Å². The van der Waals surface area contributed by atoms with Gasteiger partial charge in [-0.05, 0) is 41.4 Å². The number of hydrogen-bond donors (Lipinski definition) is 2. The second kappa shape index (κ2) is 5.28. The van der Waals surface area contributed by atoms with Gasteiger partial charge in [-0.2, -0.15) is 0 Å². The van der Waals surface area contributed by atoms with E-state index in [1.807, 2.05) is 0 Å². The average molecular weight is 338 g/mol. The molecule has 0 spiro atoms. The Morgan fingerprint density at radius 2 is 2.24 bits per heavy atom. The molecule has 1 unspecified atom stereocenters. The molecule has 0 amide bonds. The van der Waals surface area contributed by atoms with Gasteiger partial charge in [-0.1, -0.05) is 12.2 Å². The van der Waals surface area contributed by atoms with Crippen molar-refractivity contribution in [1.29, 1.82) is 0 Å². The molecule has 0 aromatic carbocycles. The molecule has 1 heterocycles. The van der Waals surface area contributed by atoms with Gasteiger partial charge in [0.15, 0.2) is 0 Å². The summed E-state index contributed by atoms with van der Waals surface area (Å²) in [5.41, 5.74) is 6.03. The van der Waals surface area contributed by atoms with Crippen molar-refractivity contribution in [1.82, 2.24) is 4.98 Å². The number of rotatable bonds is 4. The summed E-state index contributed by atoms with van der Waals surface area (Å²) in [6, 6.07) is 1.76. The summed E-state index contributed by atoms with van der Waals surface area (Å²) < 4.78 is 26.8. The average Bonchev–Trinajstić information content (AvgIpc) is 2.21. The molecule has 0 bridgehead atoms. The Labute approximate surface area is 114 Å². The molecule has 8 heteroatoms. The largest absolute Gasteiger partial charge is 0.392 e. The van der Waals surface area contributed by atoms with Crippen LogP contribution in [0.2, 0.25) is 0 Å². The van der Waals surface area contributed by atoms with E-state index in [-0.39, 0.29) is 10.8 Å². The van der Waals surface area contributed by atoms with Gasteiger partial charge in [-0.25, -0.2) is 13.4 Å². The van der Waals surface area contributed by atoms with Crippen molar-refractivity contribution in [2.45, 2.75) is 19.1 Å². The Hall–Kier alpha value is -0.730. The first-order valence-corrected chi connectivity index (χ1v) is 7.42. The SMILES string of the molecule is Cc1cc(Br)cnc1NS(=O)(=O)C(C)C(N)=S. The summed E-state index contributed by atoms with van der Waals surface area (Å²) in [5.74, 6) is 0.274. The molecule has 0 saturated carbocycles. The van der Waals surface area contributed by atoms with Gasteiger partial charge >= 0.3 is 0 Å². The number of sulfonamides is 1. The van der Waals surface area contributed by atoms with E-state index in [2.05, 4.69) is 37.9 Å². The van der Waals surface area contributed by atoms with Crippen LogP contribution in [-0.2, 0) is 10.0 Å². The van der Waals surface area contributed by atoms with Crippen LogP contribution >= 0.6 is 28.1 Å². The number of nitrogens with one attached hydrogen (secondary N) is 1. The second-order valence-corrected chi connectivity index (χ2v) is 6.90. The van der Waals surface area contributed by atoms with Crippen molar-refractivity contribution in [3.63, 3.8) is 0 Å². The van der Waals surface area contributed by atoms with Gasteiger partial charge in [-0.3, -0.25) is 4.72 Å². The molecule has 0 fully saturated rings. The van der Waals surface area contributed by atoms with E-state index in [1.54, 1.807) is 13.0 Å². The summed E-state index contributed by atoms with van der Waals surface area (Å²) in [5, 5.41) is -0.942. The lowest BCUT2D eigenvalue weighted by molar-refractivity contribution is 0.598. The van der Waals surface area contributed by atoms with Crippen molar-refractivity contribution >= 4 is 49.0 Å². The number of hydrogen-bond acceptors (Lipinski definition) is 4. The third kappa shape index (κ3) is 3.62. The van der Waals surface area contributed by atoms with Crippen LogP contribution in [0, 0.1) is 6.92 Å². The zero-order valence-electron chi connectivity index (χ0n) is 9.27. The van der Waals surface area contributed by atoms with Gasteiger partial charge in [0.1, 0.15) is 11.1 Å². The van der Waals surface area contributed by atoms with E-state index in [1.165, 1.54) is 13.1 Å². The van der Waals surface area contributed by atoms with Gasteiger partial charge in [0.2, 0.25) is 10.0 Å². The number of anilines is 1. The highest BCUT2D eigenvalue weighted by molar-refractivity contribution is 9.10. The highest BCUT2D eigenvalue weighted by atomic mass is 79.9. The summed E-state index contributed by atoms with van der Waals surface area (Å²) in [4.78, 5) is 3.91. The minimum atomic E-state index is -3.64. The van der Waals surface area contributed by atoms with Gasteiger partial charge < -0.3 is 5.73 Å². The quantitative estimate of drug-likeness (QED) is 0.814. The normalized spacial score (nSPS) is 13.1. The van der Waals surface area contributed by atoms with Crippen LogP contribution in [0.3, 0.4) is 0 Å². The fourth-order valence-electron chi connectivity index (χ4n) is 1.02. The number of halogens is 1. The minimum Gasteiger partial charge on any atom is -0.392 e.